The second-order valence-electron chi connectivity index (χ2n) is 10.8. The first-order valence-electron chi connectivity index (χ1n) is 14.9. The van der Waals surface area contributed by atoms with Gasteiger partial charge >= 0.3 is 0 Å². The maximum Gasteiger partial charge on any atom is 0.119 e. The molecule has 5 heteroatoms. The van der Waals surface area contributed by atoms with Crippen molar-refractivity contribution in [1.82, 2.24) is 0 Å². The minimum Gasteiger partial charge on any atom is -0.494 e. The summed E-state index contributed by atoms with van der Waals surface area (Å²) in [6.07, 6.45) is 32.6. The van der Waals surface area contributed by atoms with Crippen LogP contribution in [-0.2, 0) is 0 Å². The van der Waals surface area contributed by atoms with Crippen LogP contribution in [0.2, 0.25) is 0 Å². The molecule has 0 N–H and O–H groups in total. The zero-order chi connectivity index (χ0) is 27.9. The monoisotopic (exact) mass is 540 g/mol. The smallest absolute Gasteiger partial charge is 0.119 e. The molecule has 0 fully saturated rings. The Morgan fingerprint density at radius 1 is 0.512 bits per heavy atom. The summed E-state index contributed by atoms with van der Waals surface area (Å²) in [5.74, 6) is 0.908. The summed E-state index contributed by atoms with van der Waals surface area (Å²) in [5.41, 5.74) is 9.15. The van der Waals surface area contributed by atoms with Gasteiger partial charge in [0.15, 0.2) is 0 Å². The first kappa shape index (κ1) is 26.8. The molecule has 206 valence electrons. The van der Waals surface area contributed by atoms with Crippen LogP contribution in [0.25, 0.3) is 5.57 Å². The van der Waals surface area contributed by atoms with E-state index in [1.807, 2.05) is 60.8 Å². The first-order valence-corrected chi connectivity index (χ1v) is 14.9. The average molecular weight is 541 g/mol. The topological polar surface area (TPSA) is 58.7 Å². The normalized spacial score (nSPS) is 18.3. The second-order valence-corrected chi connectivity index (χ2v) is 10.8. The van der Waals surface area contributed by atoms with Crippen LogP contribution in [0.3, 0.4) is 0 Å². The van der Waals surface area contributed by atoms with Crippen LogP contribution in [0, 0.1) is 0 Å². The fraction of sp³-hybridized carbons (Fsp3) is 0.278. The molecule has 0 unspecified atom stereocenters. The fourth-order valence-corrected chi connectivity index (χ4v) is 5.29. The van der Waals surface area contributed by atoms with Crippen molar-refractivity contribution < 1.29 is 4.74 Å². The number of rotatable bonds is 11. The van der Waals surface area contributed by atoms with Gasteiger partial charge in [0.25, 0.3) is 0 Å². The van der Waals surface area contributed by atoms with Crippen LogP contribution in [0.1, 0.15) is 63.9 Å². The second kappa shape index (κ2) is 12.9. The third-order valence-corrected chi connectivity index (χ3v) is 7.47. The predicted octanol–water partition coefficient (Wildman–Crippen LogP) is 8.63. The molecule has 5 aliphatic heterocycles. The molecule has 5 nitrogen and oxygen atoms in total. The third-order valence-electron chi connectivity index (χ3n) is 7.47. The van der Waals surface area contributed by atoms with Crippen molar-refractivity contribution in [3.8, 4) is 5.75 Å². The van der Waals surface area contributed by atoms with Crippen molar-refractivity contribution >= 4 is 28.4 Å². The number of nitrogens with zero attached hydrogens (tertiary/aromatic N) is 4. The van der Waals surface area contributed by atoms with Gasteiger partial charge in [-0.1, -0.05) is 64.0 Å². The maximum absolute atomic E-state index is 6.05. The summed E-state index contributed by atoms with van der Waals surface area (Å²) < 4.78 is 6.05. The molecule has 0 aliphatic carbocycles. The molecule has 0 aromatic heterocycles. The minimum absolute atomic E-state index is 0.764. The van der Waals surface area contributed by atoms with Crippen molar-refractivity contribution in [2.45, 2.75) is 58.3 Å². The molecule has 0 spiro atoms. The highest BCUT2D eigenvalue weighted by molar-refractivity contribution is 6.32. The van der Waals surface area contributed by atoms with Gasteiger partial charge in [-0.25, -0.2) is 20.0 Å². The van der Waals surface area contributed by atoms with Crippen molar-refractivity contribution in [2.24, 2.45) is 20.0 Å². The van der Waals surface area contributed by atoms with Gasteiger partial charge in [0.2, 0.25) is 0 Å². The van der Waals surface area contributed by atoms with Crippen LogP contribution < -0.4 is 4.74 Å². The van der Waals surface area contributed by atoms with Gasteiger partial charge in [-0.2, -0.15) is 0 Å². The van der Waals surface area contributed by atoms with Gasteiger partial charge in [-0.3, -0.25) is 0 Å². The Kier molecular flexibility index (Phi) is 8.41. The van der Waals surface area contributed by atoms with Crippen LogP contribution >= 0.6 is 0 Å². The highest BCUT2D eigenvalue weighted by Gasteiger charge is 2.18. The van der Waals surface area contributed by atoms with E-state index in [0.717, 1.165) is 75.5 Å². The molecule has 1 aromatic carbocycles. The number of aliphatic imine (C=N–C) groups is 4. The van der Waals surface area contributed by atoms with Gasteiger partial charge in [-0.15, -0.1) is 0 Å². The first-order chi connectivity index (χ1) is 20.2. The van der Waals surface area contributed by atoms with Crippen LogP contribution in [0.15, 0.2) is 134 Å². The molecule has 1 aromatic rings. The Labute approximate surface area is 243 Å². The van der Waals surface area contributed by atoms with Crippen LogP contribution in [0.4, 0.5) is 0 Å². The van der Waals surface area contributed by atoms with Gasteiger partial charge < -0.3 is 4.74 Å². The van der Waals surface area contributed by atoms with Gasteiger partial charge in [-0.05, 0) is 91.0 Å². The van der Waals surface area contributed by atoms with Crippen molar-refractivity contribution in [3.63, 3.8) is 0 Å². The molecule has 0 amide bonds. The van der Waals surface area contributed by atoms with E-state index in [0.29, 0.717) is 0 Å². The maximum atomic E-state index is 6.05. The van der Waals surface area contributed by atoms with E-state index in [2.05, 4.69) is 42.3 Å². The van der Waals surface area contributed by atoms with Crippen LogP contribution in [0.5, 0.6) is 5.75 Å². The molecule has 5 heterocycles. The Morgan fingerprint density at radius 3 is 1.66 bits per heavy atom. The lowest BCUT2D eigenvalue weighted by atomic mass is 10.0. The quantitative estimate of drug-likeness (QED) is 0.259. The SMILES string of the molecule is CCCCCCCCCCOc1ccc(C2=CC3=CC4=NC(=CC5=NC(=CC6=NC(=CC2=N3)C=C6)C=C5)C=C4)cc1. The number of hydrogen-bond donors (Lipinski definition) is 0. The molecule has 0 saturated heterocycles. The number of fused-ring (bicyclic) bond motifs is 4. The minimum atomic E-state index is 0.764. The van der Waals surface area contributed by atoms with E-state index in [-0.39, 0.29) is 0 Å². The summed E-state index contributed by atoms with van der Waals surface area (Å²) in [5, 5.41) is 0. The highest BCUT2D eigenvalue weighted by atomic mass is 16.5. The van der Waals surface area contributed by atoms with Crippen LogP contribution in [-0.4, -0.2) is 29.5 Å². The molecule has 0 atom stereocenters. The summed E-state index contributed by atoms with van der Waals surface area (Å²) in [4.78, 5) is 19.2. The lowest BCUT2D eigenvalue weighted by Gasteiger charge is -2.08. The Morgan fingerprint density at radius 2 is 1.05 bits per heavy atom. The zero-order valence-electron chi connectivity index (χ0n) is 23.7. The number of hydrogen-bond acceptors (Lipinski definition) is 5. The lowest BCUT2D eigenvalue weighted by Crippen LogP contribution is -1.99. The van der Waals surface area contributed by atoms with E-state index >= 15 is 0 Å². The number of allylic oxidation sites excluding steroid dienone is 12. The van der Waals surface area contributed by atoms with E-state index in [4.69, 9.17) is 19.7 Å². The zero-order valence-corrected chi connectivity index (χ0v) is 23.7. The third kappa shape index (κ3) is 7.04. The number of unbranched alkanes of at least 4 members (excludes halogenated alkanes) is 7. The predicted molar refractivity (Wildman–Crippen MR) is 172 cm³/mol. The Hall–Kier alpha value is -4.38. The van der Waals surface area contributed by atoms with Crippen molar-refractivity contribution in [2.75, 3.05) is 6.61 Å². The standard InChI is InChI=1S/C36H36N4O/c1-2-3-4-5-6-7-8-9-20-41-34-18-10-26(11-19-34)35-24-33-23-31-15-14-29(38-31)21-27-12-13-28(37-27)22-30-16-17-32(39-30)25-36(35)40-33/h10-19,21-25H,2-9,20H2,1H3. The summed E-state index contributed by atoms with van der Waals surface area (Å²) in [6.45, 7) is 3.03. The molecule has 6 rings (SSSR count). The summed E-state index contributed by atoms with van der Waals surface area (Å²) in [7, 11) is 0. The molecule has 0 radical (unpaired) electrons. The van der Waals surface area contributed by atoms with E-state index in [1.165, 1.54) is 44.9 Å². The number of ether oxygens (including phenoxy) is 1. The molecule has 8 bridgehead atoms. The molecular weight excluding hydrogens is 504 g/mol. The summed E-state index contributed by atoms with van der Waals surface area (Å²) >= 11 is 0. The molecular formula is C36H36N4O. The Bertz CT molecular complexity index is 1560. The highest BCUT2D eigenvalue weighted by Crippen LogP contribution is 2.30. The largest absolute Gasteiger partial charge is 0.494 e. The van der Waals surface area contributed by atoms with E-state index in [1.54, 1.807) is 0 Å². The van der Waals surface area contributed by atoms with E-state index in [9.17, 15) is 0 Å². The molecule has 0 saturated carbocycles. The number of benzene rings is 1. The lowest BCUT2D eigenvalue weighted by molar-refractivity contribution is 0.304. The molecule has 41 heavy (non-hydrogen) atoms. The summed E-state index contributed by atoms with van der Waals surface area (Å²) in [6, 6.07) is 8.36. The molecule has 5 aliphatic rings. The van der Waals surface area contributed by atoms with Gasteiger partial charge in [0, 0.05) is 5.57 Å². The van der Waals surface area contributed by atoms with Gasteiger partial charge in [0.05, 0.1) is 52.2 Å². The van der Waals surface area contributed by atoms with Crippen molar-refractivity contribution in [3.05, 3.63) is 119 Å². The average Bonchev–Trinajstić information content (AvgIpc) is 3.78. The Balaban J connectivity index is 1.16. The van der Waals surface area contributed by atoms with Crippen molar-refractivity contribution in [1.29, 1.82) is 0 Å². The fourth-order valence-electron chi connectivity index (χ4n) is 5.29. The van der Waals surface area contributed by atoms with E-state index < -0.39 is 0 Å². The van der Waals surface area contributed by atoms with Gasteiger partial charge in [0.1, 0.15) is 5.75 Å².